The number of pyridine rings is 1. The Kier molecular flexibility index (Phi) is 9.31. The Bertz CT molecular complexity index is 2190. The lowest BCUT2D eigenvalue weighted by Crippen LogP contribution is -2.61. The van der Waals surface area contributed by atoms with E-state index in [0.29, 0.717) is 55.7 Å². The standard InChI is InChI=1S/C40H47F2N5O10S/c1-20-5-3-4-6-24-18-39(24,37(50)45-58(53,54)27-7-8-27)44-34(48)30-17-26(55-35-29-9-10-31-33(28(29)11-12-43-35)57-40(41,42)56-31)19-46(30)36(49)32(21(2)13-20)47(38(51)52)25-15-22-14-23(22)16-25/h4,6,9-12,20-27,30,32H,3,5,7-8,13-19H2,1-2H3,(H,44,48)(H,45,50)(H,51,52)/b6-4-/t20-,21-,22+,23?,24-,25-,26-,30+,32+,39-/m1/s1. The topological polar surface area (TPSA) is 194 Å². The highest BCUT2D eigenvalue weighted by Gasteiger charge is 2.62. The molecular weight excluding hydrogens is 781 g/mol. The van der Waals surface area contributed by atoms with Crippen LogP contribution in [0.2, 0.25) is 0 Å². The van der Waals surface area contributed by atoms with Crippen molar-refractivity contribution in [3.8, 4) is 17.4 Å². The Balaban J connectivity index is 1.07. The molecule has 0 bridgehead atoms. The molecule has 15 nitrogen and oxygen atoms in total. The fourth-order valence-electron chi connectivity index (χ4n) is 9.97. The highest BCUT2D eigenvalue weighted by Crippen LogP contribution is 2.54. The van der Waals surface area contributed by atoms with Gasteiger partial charge in [0.25, 0.3) is 5.91 Å². The minimum absolute atomic E-state index is 0.0179. The number of hydrogen-bond acceptors (Lipinski definition) is 10. The zero-order chi connectivity index (χ0) is 40.9. The first-order valence-electron chi connectivity index (χ1n) is 20.2. The van der Waals surface area contributed by atoms with Gasteiger partial charge in [-0.3, -0.25) is 24.0 Å². The first kappa shape index (κ1) is 38.8. The summed E-state index contributed by atoms with van der Waals surface area (Å²) < 4.78 is 71.9. The van der Waals surface area contributed by atoms with Crippen LogP contribution in [0.15, 0.2) is 36.5 Å². The largest absolute Gasteiger partial charge is 0.586 e. The molecule has 312 valence electrons. The number of rotatable bonds is 7. The van der Waals surface area contributed by atoms with Gasteiger partial charge in [-0.05, 0) is 99.7 Å². The molecule has 58 heavy (non-hydrogen) atoms. The molecule has 0 spiro atoms. The van der Waals surface area contributed by atoms with Crippen LogP contribution in [-0.4, -0.2) is 100.0 Å². The van der Waals surface area contributed by atoms with E-state index in [0.717, 1.165) is 12.8 Å². The van der Waals surface area contributed by atoms with Crippen LogP contribution >= 0.6 is 0 Å². The van der Waals surface area contributed by atoms with Crippen LogP contribution in [0.25, 0.3) is 10.8 Å². The van der Waals surface area contributed by atoms with Crippen molar-refractivity contribution in [2.75, 3.05) is 6.54 Å². The molecule has 1 aromatic heterocycles. The summed E-state index contributed by atoms with van der Waals surface area (Å²) >= 11 is 0. The molecule has 4 aliphatic carbocycles. The molecule has 5 fully saturated rings. The van der Waals surface area contributed by atoms with Crippen LogP contribution in [0.3, 0.4) is 0 Å². The summed E-state index contributed by atoms with van der Waals surface area (Å²) in [7, 11) is -3.96. The number of aromatic nitrogens is 1. The number of carbonyl (C=O) groups excluding carboxylic acids is 3. The van der Waals surface area contributed by atoms with Crippen molar-refractivity contribution >= 4 is 44.6 Å². The van der Waals surface area contributed by atoms with Crippen molar-refractivity contribution in [1.82, 2.24) is 24.8 Å². The van der Waals surface area contributed by atoms with Gasteiger partial charge >= 0.3 is 12.4 Å². The molecule has 18 heteroatoms. The van der Waals surface area contributed by atoms with Crippen LogP contribution in [0.4, 0.5) is 13.6 Å². The summed E-state index contributed by atoms with van der Waals surface area (Å²) in [6, 6.07) is 1.50. The summed E-state index contributed by atoms with van der Waals surface area (Å²) in [5.74, 6) is -2.51. The van der Waals surface area contributed by atoms with Gasteiger partial charge in [0.1, 0.15) is 23.7 Å². The molecule has 3 N–H and O–H groups in total. The molecule has 0 radical (unpaired) electrons. The van der Waals surface area contributed by atoms with Crippen molar-refractivity contribution in [2.45, 2.75) is 119 Å². The monoisotopic (exact) mass is 827 g/mol. The molecule has 9 rings (SSSR count). The minimum Gasteiger partial charge on any atom is -0.472 e. The Morgan fingerprint density at radius 3 is 2.52 bits per heavy atom. The van der Waals surface area contributed by atoms with E-state index in [1.165, 1.54) is 34.2 Å². The highest BCUT2D eigenvalue weighted by atomic mass is 32.2. The predicted octanol–water partition coefficient (Wildman–Crippen LogP) is 4.55. The summed E-state index contributed by atoms with van der Waals surface area (Å²) in [5, 5.41) is 13.5. The van der Waals surface area contributed by atoms with Gasteiger partial charge < -0.3 is 29.5 Å². The number of allylic oxidation sites excluding steroid dienone is 1. The van der Waals surface area contributed by atoms with Gasteiger partial charge in [0.15, 0.2) is 11.5 Å². The predicted molar refractivity (Wildman–Crippen MR) is 201 cm³/mol. The summed E-state index contributed by atoms with van der Waals surface area (Å²) in [6.45, 7) is 3.76. The number of benzene rings is 1. The second kappa shape index (κ2) is 13.9. The number of carboxylic acid groups (broad SMARTS) is 1. The Hall–Kier alpha value is -4.74. The number of amides is 4. The van der Waals surface area contributed by atoms with Crippen molar-refractivity contribution < 1.29 is 55.7 Å². The number of halogens is 2. The quantitative estimate of drug-likeness (QED) is 0.332. The van der Waals surface area contributed by atoms with E-state index in [9.17, 15) is 36.7 Å². The maximum absolute atomic E-state index is 15.2. The van der Waals surface area contributed by atoms with Crippen molar-refractivity contribution in [3.05, 3.63) is 36.5 Å². The van der Waals surface area contributed by atoms with Crippen LogP contribution in [0.1, 0.15) is 78.1 Å². The van der Waals surface area contributed by atoms with Crippen LogP contribution < -0.4 is 24.2 Å². The van der Waals surface area contributed by atoms with Crippen molar-refractivity contribution in [1.29, 1.82) is 0 Å². The minimum atomic E-state index is -3.96. The number of carbonyl (C=O) groups is 4. The third kappa shape index (κ3) is 7.08. The molecule has 1 aromatic carbocycles. The van der Waals surface area contributed by atoms with Gasteiger partial charge in [0, 0.05) is 35.3 Å². The molecule has 3 aliphatic heterocycles. The molecule has 1 saturated heterocycles. The van der Waals surface area contributed by atoms with Crippen LogP contribution in [0, 0.1) is 29.6 Å². The fourth-order valence-corrected chi connectivity index (χ4v) is 11.3. The molecule has 7 aliphatic rings. The van der Waals surface area contributed by atoms with E-state index in [1.54, 1.807) is 0 Å². The first-order valence-corrected chi connectivity index (χ1v) is 21.8. The van der Waals surface area contributed by atoms with Gasteiger partial charge in [-0.2, -0.15) is 0 Å². The Morgan fingerprint density at radius 2 is 1.79 bits per heavy atom. The molecule has 1 unspecified atom stereocenters. The van der Waals surface area contributed by atoms with E-state index in [2.05, 4.69) is 26.7 Å². The maximum Gasteiger partial charge on any atom is 0.586 e. The Morgan fingerprint density at radius 1 is 1.03 bits per heavy atom. The average molecular weight is 828 g/mol. The van der Waals surface area contributed by atoms with E-state index in [1.807, 2.05) is 19.1 Å². The normalized spacial score (nSPS) is 35.7. The van der Waals surface area contributed by atoms with Gasteiger partial charge in [0.05, 0.1) is 11.8 Å². The number of ether oxygens (including phenoxy) is 3. The summed E-state index contributed by atoms with van der Waals surface area (Å²) in [5.41, 5.74) is -1.60. The van der Waals surface area contributed by atoms with Crippen molar-refractivity contribution in [2.24, 2.45) is 29.6 Å². The molecule has 4 amide bonds. The van der Waals surface area contributed by atoms with Gasteiger partial charge in [-0.25, -0.2) is 18.2 Å². The zero-order valence-electron chi connectivity index (χ0n) is 32.1. The van der Waals surface area contributed by atoms with Crippen LogP contribution in [0.5, 0.6) is 17.4 Å². The first-order chi connectivity index (χ1) is 27.5. The van der Waals surface area contributed by atoms with Crippen LogP contribution in [-0.2, 0) is 24.4 Å². The number of nitrogens with one attached hydrogen (secondary N) is 2. The third-order valence-corrected chi connectivity index (χ3v) is 15.1. The summed E-state index contributed by atoms with van der Waals surface area (Å²) in [4.78, 5) is 63.9. The molecule has 2 aromatic rings. The average Bonchev–Trinajstić information content (AvgIpc) is 4.12. The molecular formula is C40H47F2N5O10S. The summed E-state index contributed by atoms with van der Waals surface area (Å²) in [6.07, 6.45) is 4.26. The second-order valence-electron chi connectivity index (χ2n) is 17.5. The van der Waals surface area contributed by atoms with E-state index in [4.69, 9.17) is 9.47 Å². The zero-order valence-corrected chi connectivity index (χ0v) is 33.0. The number of hydrogen-bond donors (Lipinski definition) is 3. The Labute approximate surface area is 333 Å². The fraction of sp³-hybridized carbons (Fsp3) is 0.625. The number of fused-ring (bicyclic) bond motifs is 6. The second-order valence-corrected chi connectivity index (χ2v) is 19.5. The lowest BCUT2D eigenvalue weighted by molar-refractivity contribution is -0.286. The molecule has 4 saturated carbocycles. The van der Waals surface area contributed by atoms with Gasteiger partial charge in [0.2, 0.25) is 27.7 Å². The third-order valence-electron chi connectivity index (χ3n) is 13.3. The lowest BCUT2D eigenvalue weighted by atomic mass is 9.86. The molecule has 10 atom stereocenters. The highest BCUT2D eigenvalue weighted by molar-refractivity contribution is 7.91. The van der Waals surface area contributed by atoms with Crippen molar-refractivity contribution in [3.63, 3.8) is 0 Å². The van der Waals surface area contributed by atoms with E-state index >= 15 is 4.79 Å². The maximum atomic E-state index is 15.2. The van der Waals surface area contributed by atoms with E-state index < -0.39 is 80.9 Å². The van der Waals surface area contributed by atoms with Gasteiger partial charge in [-0.1, -0.05) is 26.0 Å². The smallest absolute Gasteiger partial charge is 0.472 e. The SMILES string of the molecule is C[C@@H]1CC/C=C\[C@@H]2C[C@@]2(C(=O)NS(=O)(=O)C2CC2)NC(=O)[C@@H]2C[C@@H](Oc3nccc4c5c(ccc34)OC(F)(F)O5)CN2C(=O)[C@@H](N(C(=O)O)[C@H]2CC3C[C@H]3C2)[C@H](C)C1. The number of nitrogens with zero attached hydrogens (tertiary/aromatic N) is 3. The lowest BCUT2D eigenvalue weighted by Gasteiger charge is -2.40. The van der Waals surface area contributed by atoms with E-state index in [-0.39, 0.29) is 54.1 Å². The molecule has 4 heterocycles. The number of sulfonamides is 1. The van der Waals surface area contributed by atoms with Gasteiger partial charge in [-0.15, -0.1) is 8.78 Å². The number of alkyl halides is 2.